The number of halogens is 4. The van der Waals surface area contributed by atoms with E-state index in [1.807, 2.05) is 19.1 Å². The molecule has 200 valence electrons. The number of aryl methyl sites for hydroxylation is 1. The monoisotopic (exact) mass is 520 g/mol. The molecule has 5 nitrogen and oxygen atoms in total. The summed E-state index contributed by atoms with van der Waals surface area (Å²) in [6.45, 7) is 3.55. The first-order valence-electron chi connectivity index (χ1n) is 12.4. The molecule has 2 aromatic carbocycles. The second kappa shape index (κ2) is 11.6. The summed E-state index contributed by atoms with van der Waals surface area (Å²) in [7, 11) is 1.57. The molecule has 0 radical (unpaired) electrons. The number of alkyl halides is 1. The van der Waals surface area contributed by atoms with E-state index < -0.39 is 34.8 Å². The fourth-order valence-electron chi connectivity index (χ4n) is 5.09. The standard InChI is InChI=1S/C28H32F4N2O3/c1-18-16-33-25-4-3-20(36-2)15-21(25)26(18)22(30)5-6-28(17-35)7-9-34(10-8-28)11-12-37-27-23(31)13-19(29)14-24(27)32/h3-4,13-16,22,35H,5-12,17H2,1-2H3/t22-/m0/s1. The van der Waals surface area contributed by atoms with Crippen molar-refractivity contribution < 1.29 is 32.1 Å². The Bertz CT molecular complexity index is 1210. The smallest absolute Gasteiger partial charge is 0.190 e. The molecular weight excluding hydrogens is 488 g/mol. The summed E-state index contributed by atoms with van der Waals surface area (Å²) < 4.78 is 66.8. The molecule has 0 aliphatic carbocycles. The van der Waals surface area contributed by atoms with Gasteiger partial charge in [-0.15, -0.1) is 0 Å². The number of hydrogen-bond donors (Lipinski definition) is 1. The Balaban J connectivity index is 1.33. The van der Waals surface area contributed by atoms with E-state index in [2.05, 4.69) is 9.88 Å². The zero-order valence-corrected chi connectivity index (χ0v) is 21.1. The van der Waals surface area contributed by atoms with Crippen LogP contribution in [0.2, 0.25) is 0 Å². The Labute approximate surface area is 214 Å². The van der Waals surface area contributed by atoms with E-state index in [-0.39, 0.29) is 19.6 Å². The van der Waals surface area contributed by atoms with Gasteiger partial charge in [-0.1, -0.05) is 0 Å². The number of pyridine rings is 1. The second-order valence-corrected chi connectivity index (χ2v) is 9.79. The molecule has 9 heteroatoms. The minimum atomic E-state index is -1.21. The third-order valence-corrected chi connectivity index (χ3v) is 7.43. The van der Waals surface area contributed by atoms with E-state index in [4.69, 9.17) is 9.47 Å². The summed E-state index contributed by atoms with van der Waals surface area (Å²) >= 11 is 0. The average Bonchev–Trinajstić information content (AvgIpc) is 2.89. The predicted octanol–water partition coefficient (Wildman–Crippen LogP) is 5.91. The molecule has 0 amide bonds. The third kappa shape index (κ3) is 6.15. The van der Waals surface area contributed by atoms with Crippen LogP contribution in [0.1, 0.15) is 43.0 Å². The molecule has 1 N–H and O–H groups in total. The largest absolute Gasteiger partial charge is 0.497 e. The first-order chi connectivity index (χ1) is 17.7. The summed E-state index contributed by atoms with van der Waals surface area (Å²) in [5.74, 6) is -3.10. The average molecular weight is 521 g/mol. The lowest BCUT2D eigenvalue weighted by atomic mass is 9.74. The molecule has 1 atom stereocenters. The molecule has 37 heavy (non-hydrogen) atoms. The maximum Gasteiger partial charge on any atom is 0.190 e. The normalized spacial score (nSPS) is 16.6. The van der Waals surface area contributed by atoms with Crippen LogP contribution in [-0.4, -0.2) is 54.9 Å². The van der Waals surface area contributed by atoms with E-state index in [0.717, 1.165) is 10.9 Å². The number of ether oxygens (including phenoxy) is 2. The van der Waals surface area contributed by atoms with Crippen molar-refractivity contribution in [3.05, 3.63) is 65.1 Å². The Hall–Kier alpha value is -2.91. The Morgan fingerprint density at radius 3 is 2.46 bits per heavy atom. The SMILES string of the molecule is COc1ccc2ncc(C)c([C@@H](F)CCC3(CO)CCN(CCOc4c(F)cc(F)cc4F)CC3)c2c1. The van der Waals surface area contributed by atoms with Gasteiger partial charge in [0.25, 0.3) is 0 Å². The number of fused-ring (bicyclic) bond motifs is 1. The first kappa shape index (κ1) is 27.1. The van der Waals surface area contributed by atoms with Gasteiger partial charge in [0.1, 0.15) is 24.3 Å². The molecule has 1 aliphatic rings. The van der Waals surface area contributed by atoms with E-state index in [0.29, 0.717) is 67.9 Å². The maximum atomic E-state index is 15.7. The van der Waals surface area contributed by atoms with Crippen molar-refractivity contribution in [3.8, 4) is 11.5 Å². The number of nitrogens with zero attached hydrogens (tertiary/aromatic N) is 2. The van der Waals surface area contributed by atoms with Crippen LogP contribution in [-0.2, 0) is 0 Å². The van der Waals surface area contributed by atoms with Gasteiger partial charge in [-0.3, -0.25) is 9.88 Å². The van der Waals surface area contributed by atoms with Crippen LogP contribution in [0, 0.1) is 29.8 Å². The number of hydrogen-bond acceptors (Lipinski definition) is 5. The molecule has 0 saturated carbocycles. The predicted molar refractivity (Wildman–Crippen MR) is 133 cm³/mol. The number of aromatic nitrogens is 1. The van der Waals surface area contributed by atoms with Gasteiger partial charge >= 0.3 is 0 Å². The molecule has 3 aromatic rings. The summed E-state index contributed by atoms with van der Waals surface area (Å²) in [5, 5.41) is 10.9. The molecule has 1 aromatic heterocycles. The van der Waals surface area contributed by atoms with Crippen LogP contribution >= 0.6 is 0 Å². The highest BCUT2D eigenvalue weighted by atomic mass is 19.1. The Morgan fingerprint density at radius 2 is 1.81 bits per heavy atom. The maximum absolute atomic E-state index is 15.7. The van der Waals surface area contributed by atoms with Gasteiger partial charge in [0.2, 0.25) is 0 Å². The van der Waals surface area contributed by atoms with Crippen molar-refractivity contribution in [3.63, 3.8) is 0 Å². The molecule has 0 bridgehead atoms. The van der Waals surface area contributed by atoms with Crippen LogP contribution < -0.4 is 9.47 Å². The molecule has 2 heterocycles. The van der Waals surface area contributed by atoms with Crippen molar-refractivity contribution in [2.24, 2.45) is 5.41 Å². The van der Waals surface area contributed by atoms with Crippen LogP contribution in [0.4, 0.5) is 17.6 Å². The molecule has 0 unspecified atom stereocenters. The highest BCUT2D eigenvalue weighted by Gasteiger charge is 2.35. The summed E-state index contributed by atoms with van der Waals surface area (Å²) in [4.78, 5) is 6.48. The van der Waals surface area contributed by atoms with Gasteiger partial charge < -0.3 is 14.6 Å². The lowest BCUT2D eigenvalue weighted by Gasteiger charge is -2.41. The lowest BCUT2D eigenvalue weighted by molar-refractivity contribution is 0.0263. The summed E-state index contributed by atoms with van der Waals surface area (Å²) in [5.41, 5.74) is 1.68. The number of aliphatic hydroxyl groups excluding tert-OH is 1. The zero-order chi connectivity index (χ0) is 26.6. The van der Waals surface area contributed by atoms with Crippen LogP contribution in [0.25, 0.3) is 10.9 Å². The highest BCUT2D eigenvalue weighted by molar-refractivity contribution is 5.84. The molecule has 1 saturated heterocycles. The molecular formula is C28H32F4N2O3. The Morgan fingerprint density at radius 1 is 1.11 bits per heavy atom. The van der Waals surface area contributed by atoms with Crippen LogP contribution in [0.15, 0.2) is 36.5 Å². The topological polar surface area (TPSA) is 54.8 Å². The van der Waals surface area contributed by atoms with Crippen LogP contribution in [0.3, 0.4) is 0 Å². The molecule has 0 spiro atoms. The Kier molecular flexibility index (Phi) is 8.54. The van der Waals surface area contributed by atoms with Crippen molar-refractivity contribution in [2.45, 2.75) is 38.8 Å². The lowest BCUT2D eigenvalue weighted by Crippen LogP contribution is -2.43. The number of piperidine rings is 1. The number of aliphatic hydroxyl groups is 1. The quantitative estimate of drug-likeness (QED) is 0.337. The minimum absolute atomic E-state index is 0.0377. The molecule has 1 aliphatic heterocycles. The van der Waals surface area contributed by atoms with E-state index in [1.54, 1.807) is 19.4 Å². The van der Waals surface area contributed by atoms with Gasteiger partial charge in [0.05, 0.1) is 12.6 Å². The second-order valence-electron chi connectivity index (χ2n) is 9.79. The zero-order valence-electron chi connectivity index (χ0n) is 21.1. The van der Waals surface area contributed by atoms with E-state index in [1.165, 1.54) is 0 Å². The molecule has 4 rings (SSSR count). The van der Waals surface area contributed by atoms with Gasteiger partial charge in [-0.25, -0.2) is 17.6 Å². The summed E-state index contributed by atoms with van der Waals surface area (Å²) in [6.07, 6.45) is 2.59. The fourth-order valence-corrected chi connectivity index (χ4v) is 5.09. The number of likely N-dealkylation sites (tertiary alicyclic amines) is 1. The van der Waals surface area contributed by atoms with Crippen molar-refractivity contribution >= 4 is 10.9 Å². The third-order valence-electron chi connectivity index (χ3n) is 7.43. The van der Waals surface area contributed by atoms with E-state index >= 15 is 4.39 Å². The van der Waals surface area contributed by atoms with Gasteiger partial charge in [-0.05, 0) is 80.4 Å². The van der Waals surface area contributed by atoms with Crippen molar-refractivity contribution in [2.75, 3.05) is 40.0 Å². The van der Waals surface area contributed by atoms with Gasteiger partial charge in [0.15, 0.2) is 17.4 Å². The van der Waals surface area contributed by atoms with Crippen molar-refractivity contribution in [1.82, 2.24) is 9.88 Å². The minimum Gasteiger partial charge on any atom is -0.497 e. The van der Waals surface area contributed by atoms with Gasteiger partial charge in [-0.2, -0.15) is 0 Å². The highest BCUT2D eigenvalue weighted by Crippen LogP contribution is 2.41. The summed E-state index contributed by atoms with van der Waals surface area (Å²) in [6, 6.07) is 6.59. The first-order valence-corrected chi connectivity index (χ1v) is 12.4. The number of rotatable bonds is 10. The fraction of sp³-hybridized carbons (Fsp3) is 0.464. The number of benzene rings is 2. The van der Waals surface area contributed by atoms with Crippen LogP contribution in [0.5, 0.6) is 11.5 Å². The number of methoxy groups -OCH3 is 1. The van der Waals surface area contributed by atoms with E-state index in [9.17, 15) is 18.3 Å². The van der Waals surface area contributed by atoms with Gasteiger partial charge in [0, 0.05) is 36.9 Å². The van der Waals surface area contributed by atoms with Crippen molar-refractivity contribution in [1.29, 1.82) is 0 Å². The molecule has 1 fully saturated rings.